The van der Waals surface area contributed by atoms with Crippen molar-refractivity contribution in [2.24, 2.45) is 0 Å². The van der Waals surface area contributed by atoms with Gasteiger partial charge in [-0.3, -0.25) is 4.72 Å². The third-order valence-corrected chi connectivity index (χ3v) is 5.23. The Kier molecular flexibility index (Phi) is 4.78. The van der Waals surface area contributed by atoms with E-state index in [-0.39, 0.29) is 10.8 Å². The smallest absolute Gasteiger partial charge is 0.261 e. The summed E-state index contributed by atoms with van der Waals surface area (Å²) in [7, 11) is -3.73. The van der Waals surface area contributed by atoms with Crippen LogP contribution >= 0.6 is 11.6 Å². The lowest BCUT2D eigenvalue weighted by Crippen LogP contribution is -2.13. The lowest BCUT2D eigenvalue weighted by molar-refractivity contribution is 0.601. The van der Waals surface area contributed by atoms with Gasteiger partial charge in [-0.1, -0.05) is 42.8 Å². The van der Waals surface area contributed by atoms with Gasteiger partial charge < -0.3 is 0 Å². The highest BCUT2D eigenvalue weighted by Gasteiger charge is 2.16. The number of aromatic nitrogens is 3. The number of rotatable bonds is 5. The maximum Gasteiger partial charge on any atom is 0.261 e. The van der Waals surface area contributed by atoms with E-state index in [4.69, 9.17) is 11.6 Å². The molecule has 1 heterocycles. The van der Waals surface area contributed by atoms with Crippen LogP contribution in [0.15, 0.2) is 59.6 Å². The number of nitrogens with one attached hydrogen (secondary N) is 1. The Morgan fingerprint density at radius 1 is 1.12 bits per heavy atom. The van der Waals surface area contributed by atoms with Crippen LogP contribution in [0, 0.1) is 0 Å². The van der Waals surface area contributed by atoms with Crippen LogP contribution in [0.25, 0.3) is 5.69 Å². The van der Waals surface area contributed by atoms with Crippen molar-refractivity contribution in [3.8, 4) is 5.69 Å². The van der Waals surface area contributed by atoms with Crippen molar-refractivity contribution in [1.82, 2.24) is 15.0 Å². The van der Waals surface area contributed by atoms with Crippen LogP contribution in [-0.2, 0) is 10.0 Å². The van der Waals surface area contributed by atoms with E-state index < -0.39 is 10.0 Å². The number of nitrogens with zero attached hydrogens (tertiary/aromatic N) is 3. The fourth-order valence-corrected chi connectivity index (χ4v) is 3.74. The van der Waals surface area contributed by atoms with Crippen molar-refractivity contribution in [1.29, 1.82) is 0 Å². The maximum atomic E-state index is 12.5. The van der Waals surface area contributed by atoms with E-state index in [2.05, 4.69) is 15.0 Å². The lowest BCUT2D eigenvalue weighted by atomic mass is 10.1. The SMILES string of the molecule is CC(C)c1cnnn1-c1cccc(NS(=O)(=O)c2cccc(Cl)c2)c1. The molecule has 0 spiro atoms. The molecule has 8 heteroatoms. The summed E-state index contributed by atoms with van der Waals surface area (Å²) in [5, 5.41) is 8.39. The molecule has 1 aromatic heterocycles. The molecule has 6 nitrogen and oxygen atoms in total. The minimum Gasteiger partial charge on any atom is -0.280 e. The number of sulfonamides is 1. The molecule has 0 bridgehead atoms. The molecule has 2 aromatic carbocycles. The van der Waals surface area contributed by atoms with Crippen LogP contribution in [0.5, 0.6) is 0 Å². The van der Waals surface area contributed by atoms with Crippen LogP contribution in [0.2, 0.25) is 5.02 Å². The van der Waals surface area contributed by atoms with Gasteiger partial charge in [0, 0.05) is 5.02 Å². The second-order valence-electron chi connectivity index (χ2n) is 5.84. The molecule has 130 valence electrons. The normalized spacial score (nSPS) is 11.7. The van der Waals surface area contributed by atoms with Gasteiger partial charge >= 0.3 is 0 Å². The molecule has 0 saturated carbocycles. The topological polar surface area (TPSA) is 76.9 Å². The summed E-state index contributed by atoms with van der Waals surface area (Å²) < 4.78 is 29.3. The molecule has 0 atom stereocenters. The zero-order chi connectivity index (χ0) is 18.0. The minimum atomic E-state index is -3.73. The predicted octanol–water partition coefficient (Wildman–Crippen LogP) is 3.84. The first-order chi connectivity index (χ1) is 11.9. The summed E-state index contributed by atoms with van der Waals surface area (Å²) in [5.74, 6) is 0.238. The molecular weight excluding hydrogens is 360 g/mol. The molecule has 0 aliphatic heterocycles. The third kappa shape index (κ3) is 3.83. The zero-order valence-corrected chi connectivity index (χ0v) is 15.3. The highest BCUT2D eigenvalue weighted by atomic mass is 35.5. The second kappa shape index (κ2) is 6.85. The quantitative estimate of drug-likeness (QED) is 0.733. The molecule has 0 radical (unpaired) electrons. The Morgan fingerprint density at radius 3 is 2.60 bits per heavy atom. The molecule has 3 rings (SSSR count). The van der Waals surface area contributed by atoms with Crippen molar-refractivity contribution in [2.75, 3.05) is 4.72 Å². The van der Waals surface area contributed by atoms with Crippen molar-refractivity contribution in [3.63, 3.8) is 0 Å². The van der Waals surface area contributed by atoms with Crippen molar-refractivity contribution in [3.05, 3.63) is 65.4 Å². The van der Waals surface area contributed by atoms with Gasteiger partial charge in [-0.2, -0.15) is 0 Å². The predicted molar refractivity (Wildman–Crippen MR) is 97.7 cm³/mol. The van der Waals surface area contributed by atoms with Crippen molar-refractivity contribution < 1.29 is 8.42 Å². The standard InChI is InChI=1S/C17H17ClN4O2S/c1-12(2)17-11-19-21-22(17)15-7-4-6-14(10-15)20-25(23,24)16-8-3-5-13(18)9-16/h3-12,20H,1-2H3. The van der Waals surface area contributed by atoms with Crippen LogP contribution in [0.1, 0.15) is 25.5 Å². The summed E-state index contributed by atoms with van der Waals surface area (Å²) >= 11 is 5.88. The molecule has 0 aliphatic rings. The maximum absolute atomic E-state index is 12.5. The van der Waals surface area contributed by atoms with E-state index in [9.17, 15) is 8.42 Å². The van der Waals surface area contributed by atoms with Gasteiger partial charge in [0.15, 0.2) is 0 Å². The summed E-state index contributed by atoms with van der Waals surface area (Å²) in [5.41, 5.74) is 2.10. The highest BCUT2D eigenvalue weighted by Crippen LogP contribution is 2.23. The van der Waals surface area contributed by atoms with E-state index in [1.54, 1.807) is 41.2 Å². The van der Waals surface area contributed by atoms with E-state index in [1.165, 1.54) is 12.1 Å². The molecule has 0 aliphatic carbocycles. The zero-order valence-electron chi connectivity index (χ0n) is 13.7. The van der Waals surface area contributed by atoms with Gasteiger partial charge in [-0.15, -0.1) is 5.10 Å². The average molecular weight is 377 g/mol. The van der Waals surface area contributed by atoms with Gasteiger partial charge in [-0.05, 0) is 42.3 Å². The first-order valence-electron chi connectivity index (χ1n) is 7.66. The third-order valence-electron chi connectivity index (χ3n) is 3.62. The molecule has 25 heavy (non-hydrogen) atoms. The minimum absolute atomic E-state index is 0.106. The van der Waals surface area contributed by atoms with Gasteiger partial charge in [0.1, 0.15) is 0 Å². The second-order valence-corrected chi connectivity index (χ2v) is 7.96. The molecular formula is C17H17ClN4O2S. The number of hydrogen-bond donors (Lipinski definition) is 1. The number of anilines is 1. The van der Waals surface area contributed by atoms with Gasteiger partial charge in [-0.25, -0.2) is 13.1 Å². The Bertz CT molecular complexity index is 999. The summed E-state index contributed by atoms with van der Waals surface area (Å²) in [6.07, 6.45) is 1.70. The Morgan fingerprint density at radius 2 is 1.88 bits per heavy atom. The molecule has 3 aromatic rings. The van der Waals surface area contributed by atoms with Gasteiger partial charge in [0.2, 0.25) is 0 Å². The monoisotopic (exact) mass is 376 g/mol. The lowest BCUT2D eigenvalue weighted by Gasteiger charge is -2.12. The molecule has 0 unspecified atom stereocenters. The highest BCUT2D eigenvalue weighted by molar-refractivity contribution is 7.92. The Hall–Kier alpha value is -2.38. The summed E-state index contributed by atoms with van der Waals surface area (Å²) in [6.45, 7) is 4.09. The van der Waals surface area contributed by atoms with Crippen LogP contribution in [0.4, 0.5) is 5.69 Å². The van der Waals surface area contributed by atoms with Crippen LogP contribution in [0.3, 0.4) is 0 Å². The average Bonchev–Trinajstić information content (AvgIpc) is 3.04. The summed E-state index contributed by atoms with van der Waals surface area (Å²) in [4.78, 5) is 0.106. The molecule has 0 amide bonds. The fraction of sp³-hybridized carbons (Fsp3) is 0.176. The Labute approximate surface area is 151 Å². The number of halogens is 1. The summed E-state index contributed by atoms with van der Waals surface area (Å²) in [6, 6.07) is 13.1. The van der Waals surface area contributed by atoms with Crippen LogP contribution in [-0.4, -0.2) is 23.4 Å². The fourth-order valence-electron chi connectivity index (χ4n) is 2.39. The molecule has 0 saturated heterocycles. The van der Waals surface area contributed by atoms with E-state index in [0.29, 0.717) is 10.7 Å². The first kappa shape index (κ1) is 17.4. The Balaban J connectivity index is 1.93. The van der Waals surface area contributed by atoms with E-state index >= 15 is 0 Å². The number of hydrogen-bond acceptors (Lipinski definition) is 4. The van der Waals surface area contributed by atoms with E-state index in [1.807, 2.05) is 19.9 Å². The van der Waals surface area contributed by atoms with Crippen molar-refractivity contribution in [2.45, 2.75) is 24.7 Å². The first-order valence-corrected chi connectivity index (χ1v) is 9.52. The molecule has 1 N–H and O–H groups in total. The number of benzene rings is 2. The van der Waals surface area contributed by atoms with Crippen molar-refractivity contribution >= 4 is 27.3 Å². The van der Waals surface area contributed by atoms with Gasteiger partial charge in [0.25, 0.3) is 10.0 Å². The molecule has 0 fully saturated rings. The van der Waals surface area contributed by atoms with E-state index in [0.717, 1.165) is 11.4 Å². The van der Waals surface area contributed by atoms with Gasteiger partial charge in [0.05, 0.1) is 28.2 Å². The van der Waals surface area contributed by atoms with Crippen LogP contribution < -0.4 is 4.72 Å². The largest absolute Gasteiger partial charge is 0.280 e.